The summed E-state index contributed by atoms with van der Waals surface area (Å²) in [6, 6.07) is -0.581. The Labute approximate surface area is 103 Å². The van der Waals surface area contributed by atoms with Crippen molar-refractivity contribution >= 4 is 11.9 Å². The molecule has 0 aromatic carbocycles. The van der Waals surface area contributed by atoms with Crippen molar-refractivity contribution in [3.63, 3.8) is 0 Å². The number of nitrogens with two attached hydrogens (primary N) is 1. The quantitative estimate of drug-likeness (QED) is 0.645. The van der Waals surface area contributed by atoms with Crippen LogP contribution >= 0.6 is 0 Å². The predicted octanol–water partition coefficient (Wildman–Crippen LogP) is 0.675. The van der Waals surface area contributed by atoms with Gasteiger partial charge < -0.3 is 15.8 Å². The molecule has 0 heterocycles. The largest absolute Gasteiger partial charge is 0.467 e. The second kappa shape index (κ2) is 8.06. The predicted molar refractivity (Wildman–Crippen MR) is 66.2 cm³/mol. The van der Waals surface area contributed by atoms with Crippen LogP contribution in [0.3, 0.4) is 0 Å². The molecule has 0 aromatic heterocycles. The maximum absolute atomic E-state index is 11.7. The van der Waals surface area contributed by atoms with Crippen LogP contribution in [0.5, 0.6) is 0 Å². The molecule has 3 N–H and O–H groups in total. The van der Waals surface area contributed by atoms with Gasteiger partial charge in [-0.25, -0.2) is 4.79 Å². The summed E-state index contributed by atoms with van der Waals surface area (Å²) in [6.45, 7) is 6.20. The summed E-state index contributed by atoms with van der Waals surface area (Å²) in [6.07, 6.45) is 1.21. The van der Waals surface area contributed by atoms with Crippen LogP contribution in [0, 0.1) is 11.8 Å². The number of ether oxygens (including phenoxy) is 1. The van der Waals surface area contributed by atoms with Crippen molar-refractivity contribution in [3.8, 4) is 0 Å². The van der Waals surface area contributed by atoms with E-state index in [0.717, 1.165) is 6.42 Å². The lowest BCUT2D eigenvalue weighted by Crippen LogP contribution is -2.45. The number of methoxy groups -OCH3 is 1. The fraction of sp³-hybridized carbons (Fsp3) is 0.833. The molecule has 100 valence electrons. The Morgan fingerprint density at radius 3 is 2.29 bits per heavy atom. The van der Waals surface area contributed by atoms with Gasteiger partial charge in [-0.05, 0) is 18.4 Å². The van der Waals surface area contributed by atoms with Crippen LogP contribution < -0.4 is 11.1 Å². The Kier molecular flexibility index (Phi) is 7.54. The van der Waals surface area contributed by atoms with Crippen molar-refractivity contribution in [1.29, 1.82) is 0 Å². The normalized spacial score (nSPS) is 14.2. The van der Waals surface area contributed by atoms with Crippen LogP contribution in [0.4, 0.5) is 0 Å². The van der Waals surface area contributed by atoms with Crippen LogP contribution in [0.1, 0.15) is 33.6 Å². The van der Waals surface area contributed by atoms with Crippen LogP contribution in [0.15, 0.2) is 0 Å². The summed E-state index contributed by atoms with van der Waals surface area (Å²) in [4.78, 5) is 23.2. The number of amides is 1. The van der Waals surface area contributed by atoms with Gasteiger partial charge in [-0.15, -0.1) is 0 Å². The third kappa shape index (κ3) is 5.68. The first-order chi connectivity index (χ1) is 7.96. The lowest BCUT2D eigenvalue weighted by atomic mass is 10.0. The van der Waals surface area contributed by atoms with E-state index in [9.17, 15) is 9.59 Å². The Morgan fingerprint density at radius 2 is 1.94 bits per heavy atom. The van der Waals surface area contributed by atoms with Gasteiger partial charge in [-0.1, -0.05) is 27.2 Å². The molecule has 0 aromatic rings. The summed E-state index contributed by atoms with van der Waals surface area (Å²) in [5.74, 6) is -0.384. The Hall–Kier alpha value is -1.10. The SMILES string of the molecule is CCC(CN)CC(=O)NC(C(=O)OC)C(C)C. The van der Waals surface area contributed by atoms with Crippen molar-refractivity contribution in [3.05, 3.63) is 0 Å². The number of esters is 1. The zero-order valence-corrected chi connectivity index (χ0v) is 11.2. The highest BCUT2D eigenvalue weighted by Gasteiger charge is 2.25. The smallest absolute Gasteiger partial charge is 0.328 e. The van der Waals surface area contributed by atoms with Gasteiger partial charge in [-0.2, -0.15) is 0 Å². The van der Waals surface area contributed by atoms with Gasteiger partial charge in [0.1, 0.15) is 6.04 Å². The molecule has 1 amide bonds. The molecule has 0 spiro atoms. The van der Waals surface area contributed by atoms with Gasteiger partial charge in [-0.3, -0.25) is 4.79 Å². The number of hydrogen-bond donors (Lipinski definition) is 2. The van der Waals surface area contributed by atoms with E-state index in [-0.39, 0.29) is 17.7 Å². The second-order valence-corrected chi connectivity index (χ2v) is 4.53. The summed E-state index contributed by atoms with van der Waals surface area (Å²) >= 11 is 0. The van der Waals surface area contributed by atoms with Gasteiger partial charge in [0, 0.05) is 6.42 Å². The average Bonchev–Trinajstić information content (AvgIpc) is 2.31. The Morgan fingerprint density at radius 1 is 1.35 bits per heavy atom. The van der Waals surface area contributed by atoms with E-state index >= 15 is 0 Å². The van der Waals surface area contributed by atoms with E-state index < -0.39 is 12.0 Å². The third-order valence-electron chi connectivity index (χ3n) is 2.82. The highest BCUT2D eigenvalue weighted by molar-refractivity contribution is 5.84. The third-order valence-corrected chi connectivity index (χ3v) is 2.82. The number of rotatable bonds is 7. The van der Waals surface area contributed by atoms with Gasteiger partial charge >= 0.3 is 5.97 Å². The molecule has 5 nitrogen and oxygen atoms in total. The number of carbonyl (C=O) groups excluding carboxylic acids is 2. The standard InChI is InChI=1S/C12H24N2O3/c1-5-9(7-13)6-10(15)14-11(8(2)3)12(16)17-4/h8-9,11H,5-7,13H2,1-4H3,(H,14,15). The lowest BCUT2D eigenvalue weighted by molar-refractivity contribution is -0.146. The summed E-state index contributed by atoms with van der Waals surface area (Å²) < 4.78 is 4.65. The highest BCUT2D eigenvalue weighted by Crippen LogP contribution is 2.08. The van der Waals surface area contributed by atoms with E-state index in [4.69, 9.17) is 5.73 Å². The van der Waals surface area contributed by atoms with Crippen molar-refractivity contribution in [2.24, 2.45) is 17.6 Å². The fourth-order valence-electron chi connectivity index (χ4n) is 1.51. The number of nitrogens with one attached hydrogen (secondary N) is 1. The molecule has 0 saturated heterocycles. The lowest BCUT2D eigenvalue weighted by Gasteiger charge is -2.21. The summed E-state index contributed by atoms with van der Waals surface area (Å²) in [5, 5.41) is 2.70. The molecule has 0 aliphatic rings. The van der Waals surface area contributed by atoms with Gasteiger partial charge in [0.15, 0.2) is 0 Å². The van der Waals surface area contributed by atoms with Gasteiger partial charge in [0.2, 0.25) is 5.91 Å². The van der Waals surface area contributed by atoms with E-state index in [1.165, 1.54) is 7.11 Å². The van der Waals surface area contributed by atoms with Crippen LogP contribution in [0.25, 0.3) is 0 Å². The van der Waals surface area contributed by atoms with E-state index in [1.807, 2.05) is 20.8 Å². The van der Waals surface area contributed by atoms with E-state index in [1.54, 1.807) is 0 Å². The minimum absolute atomic E-state index is 0.00403. The molecule has 2 atom stereocenters. The number of hydrogen-bond acceptors (Lipinski definition) is 4. The first kappa shape index (κ1) is 15.9. The van der Waals surface area contributed by atoms with Crippen LogP contribution in [-0.2, 0) is 14.3 Å². The van der Waals surface area contributed by atoms with Crippen molar-refractivity contribution in [2.45, 2.75) is 39.7 Å². The molecule has 0 saturated carbocycles. The van der Waals surface area contributed by atoms with Gasteiger partial charge in [0.05, 0.1) is 7.11 Å². The Bertz CT molecular complexity index is 250. The van der Waals surface area contributed by atoms with Crippen LogP contribution in [-0.4, -0.2) is 31.6 Å². The molecule has 0 aliphatic heterocycles. The summed E-state index contributed by atoms with van der Waals surface area (Å²) in [5.41, 5.74) is 5.54. The van der Waals surface area contributed by atoms with Crippen LogP contribution in [0.2, 0.25) is 0 Å². The van der Waals surface area contributed by atoms with E-state index in [0.29, 0.717) is 13.0 Å². The molecular formula is C12H24N2O3. The second-order valence-electron chi connectivity index (χ2n) is 4.53. The first-order valence-electron chi connectivity index (χ1n) is 6.03. The fourth-order valence-corrected chi connectivity index (χ4v) is 1.51. The minimum atomic E-state index is -0.581. The van der Waals surface area contributed by atoms with E-state index in [2.05, 4.69) is 10.1 Å². The highest BCUT2D eigenvalue weighted by atomic mass is 16.5. The van der Waals surface area contributed by atoms with Crippen molar-refractivity contribution in [1.82, 2.24) is 5.32 Å². The van der Waals surface area contributed by atoms with Gasteiger partial charge in [0.25, 0.3) is 0 Å². The van der Waals surface area contributed by atoms with Crippen molar-refractivity contribution < 1.29 is 14.3 Å². The Balaban J connectivity index is 4.36. The average molecular weight is 244 g/mol. The number of carbonyl (C=O) groups is 2. The minimum Gasteiger partial charge on any atom is -0.467 e. The molecule has 0 aliphatic carbocycles. The zero-order chi connectivity index (χ0) is 13.4. The maximum atomic E-state index is 11.7. The molecule has 0 radical (unpaired) electrons. The molecular weight excluding hydrogens is 220 g/mol. The molecule has 0 rings (SSSR count). The molecule has 2 unspecified atom stereocenters. The first-order valence-corrected chi connectivity index (χ1v) is 6.03. The zero-order valence-electron chi connectivity index (χ0n) is 11.2. The topological polar surface area (TPSA) is 81.4 Å². The summed E-state index contributed by atoms with van der Waals surface area (Å²) in [7, 11) is 1.32. The molecule has 0 bridgehead atoms. The monoisotopic (exact) mass is 244 g/mol. The van der Waals surface area contributed by atoms with Crippen molar-refractivity contribution in [2.75, 3.05) is 13.7 Å². The molecule has 0 fully saturated rings. The molecule has 5 heteroatoms. The maximum Gasteiger partial charge on any atom is 0.328 e. The molecule has 17 heavy (non-hydrogen) atoms.